The van der Waals surface area contributed by atoms with Crippen molar-refractivity contribution in [3.05, 3.63) is 22.9 Å². The van der Waals surface area contributed by atoms with E-state index in [4.69, 9.17) is 9.47 Å². The molecule has 0 saturated carbocycles. The minimum Gasteiger partial charge on any atom is -0.465 e. The molecule has 5 nitrogen and oxygen atoms in total. The molecule has 104 valence electrons. The molecule has 5 heteroatoms. The lowest BCUT2D eigenvalue weighted by Crippen LogP contribution is -2.33. The van der Waals surface area contributed by atoms with Gasteiger partial charge in [-0.1, -0.05) is 0 Å². The third-order valence-electron chi connectivity index (χ3n) is 3.31. The van der Waals surface area contributed by atoms with E-state index >= 15 is 0 Å². The fraction of sp³-hybridized carbons (Fsp3) is 0.571. The SMILES string of the molecule is CCN(c1nc2c(cc1C(=O)OC)COC2)C(C)C. The van der Waals surface area contributed by atoms with Crippen molar-refractivity contribution in [3.8, 4) is 0 Å². The number of carbonyl (C=O) groups excluding carboxylic acids is 1. The molecule has 19 heavy (non-hydrogen) atoms. The van der Waals surface area contributed by atoms with Gasteiger partial charge in [0.15, 0.2) is 0 Å². The van der Waals surface area contributed by atoms with E-state index < -0.39 is 0 Å². The maximum absolute atomic E-state index is 11.9. The molecule has 1 aromatic heterocycles. The second-order valence-electron chi connectivity index (χ2n) is 4.83. The molecule has 0 saturated heterocycles. The maximum Gasteiger partial charge on any atom is 0.341 e. The summed E-state index contributed by atoms with van der Waals surface area (Å²) in [5, 5.41) is 0. The van der Waals surface area contributed by atoms with Crippen molar-refractivity contribution in [1.82, 2.24) is 4.98 Å². The van der Waals surface area contributed by atoms with Gasteiger partial charge >= 0.3 is 5.97 Å². The Morgan fingerprint density at radius 2 is 2.26 bits per heavy atom. The highest BCUT2D eigenvalue weighted by atomic mass is 16.5. The molecule has 0 spiro atoms. The van der Waals surface area contributed by atoms with E-state index in [2.05, 4.69) is 23.7 Å². The quantitative estimate of drug-likeness (QED) is 0.780. The number of esters is 1. The lowest BCUT2D eigenvalue weighted by Gasteiger charge is -2.28. The molecule has 1 aliphatic rings. The molecule has 0 bridgehead atoms. The zero-order valence-corrected chi connectivity index (χ0v) is 11.9. The van der Waals surface area contributed by atoms with Crippen LogP contribution in [0.15, 0.2) is 6.07 Å². The Balaban J connectivity index is 2.53. The van der Waals surface area contributed by atoms with Gasteiger partial charge in [0.05, 0.1) is 26.0 Å². The van der Waals surface area contributed by atoms with Crippen LogP contribution in [0, 0.1) is 0 Å². The number of hydrogen-bond acceptors (Lipinski definition) is 5. The Bertz CT molecular complexity index is 486. The van der Waals surface area contributed by atoms with Crippen LogP contribution in [0.5, 0.6) is 0 Å². The molecule has 1 aromatic rings. The number of carbonyl (C=O) groups is 1. The van der Waals surface area contributed by atoms with Crippen molar-refractivity contribution >= 4 is 11.8 Å². The first-order chi connectivity index (χ1) is 9.08. The summed E-state index contributed by atoms with van der Waals surface area (Å²) in [5.74, 6) is 0.338. The van der Waals surface area contributed by atoms with Crippen LogP contribution in [0.1, 0.15) is 42.4 Å². The first-order valence-corrected chi connectivity index (χ1v) is 6.54. The van der Waals surface area contributed by atoms with E-state index in [0.717, 1.165) is 17.8 Å². The summed E-state index contributed by atoms with van der Waals surface area (Å²) in [6.07, 6.45) is 0. The maximum atomic E-state index is 11.9. The smallest absolute Gasteiger partial charge is 0.341 e. The van der Waals surface area contributed by atoms with Gasteiger partial charge in [-0.15, -0.1) is 0 Å². The zero-order valence-electron chi connectivity index (χ0n) is 11.9. The number of fused-ring (bicyclic) bond motifs is 1. The van der Waals surface area contributed by atoms with Crippen LogP contribution < -0.4 is 4.90 Å². The Kier molecular flexibility index (Phi) is 4.04. The van der Waals surface area contributed by atoms with Crippen LogP contribution in [0.2, 0.25) is 0 Å². The minimum atomic E-state index is -0.351. The van der Waals surface area contributed by atoms with Gasteiger partial charge in [0.1, 0.15) is 11.4 Å². The molecule has 0 amide bonds. The predicted octanol–water partition coefficient (Wildman–Crippen LogP) is 2.13. The van der Waals surface area contributed by atoms with E-state index in [0.29, 0.717) is 24.6 Å². The van der Waals surface area contributed by atoms with Crippen LogP contribution in [0.3, 0.4) is 0 Å². The molecular formula is C14H20N2O3. The number of anilines is 1. The fourth-order valence-corrected chi connectivity index (χ4v) is 2.33. The number of hydrogen-bond donors (Lipinski definition) is 0. The number of aromatic nitrogens is 1. The molecule has 2 rings (SSSR count). The summed E-state index contributed by atoms with van der Waals surface area (Å²) in [6.45, 7) is 8.02. The van der Waals surface area contributed by atoms with Gasteiger partial charge in [0, 0.05) is 18.2 Å². The first kappa shape index (κ1) is 13.8. The van der Waals surface area contributed by atoms with Crippen molar-refractivity contribution < 1.29 is 14.3 Å². The third-order valence-corrected chi connectivity index (χ3v) is 3.31. The number of rotatable bonds is 4. The van der Waals surface area contributed by atoms with Gasteiger partial charge in [-0.05, 0) is 26.8 Å². The largest absolute Gasteiger partial charge is 0.465 e. The molecule has 0 unspecified atom stereocenters. The molecule has 0 radical (unpaired) electrons. The number of nitrogens with zero attached hydrogens (tertiary/aromatic N) is 2. The van der Waals surface area contributed by atoms with Crippen molar-refractivity contribution in [1.29, 1.82) is 0 Å². The van der Waals surface area contributed by atoms with E-state index in [1.54, 1.807) is 0 Å². The van der Waals surface area contributed by atoms with Crippen LogP contribution in [-0.2, 0) is 22.7 Å². The Hall–Kier alpha value is -1.62. The zero-order chi connectivity index (χ0) is 14.0. The van der Waals surface area contributed by atoms with Gasteiger partial charge in [-0.3, -0.25) is 0 Å². The van der Waals surface area contributed by atoms with Gasteiger partial charge in [0.2, 0.25) is 0 Å². The molecule has 0 aliphatic carbocycles. The average Bonchev–Trinajstić information content (AvgIpc) is 2.84. The Morgan fingerprint density at radius 1 is 1.53 bits per heavy atom. The van der Waals surface area contributed by atoms with Crippen molar-refractivity contribution in [2.24, 2.45) is 0 Å². The van der Waals surface area contributed by atoms with E-state index in [-0.39, 0.29) is 12.0 Å². The molecular weight excluding hydrogens is 244 g/mol. The first-order valence-electron chi connectivity index (χ1n) is 6.54. The van der Waals surface area contributed by atoms with E-state index in [1.165, 1.54) is 7.11 Å². The van der Waals surface area contributed by atoms with Crippen molar-refractivity contribution in [2.75, 3.05) is 18.6 Å². The number of methoxy groups -OCH3 is 1. The highest BCUT2D eigenvalue weighted by Crippen LogP contribution is 2.27. The lowest BCUT2D eigenvalue weighted by molar-refractivity contribution is 0.0601. The van der Waals surface area contributed by atoms with Crippen LogP contribution in [0.4, 0.5) is 5.82 Å². The Labute approximate surface area is 113 Å². The summed E-state index contributed by atoms with van der Waals surface area (Å²) in [6, 6.07) is 2.11. The third kappa shape index (κ3) is 2.56. The molecule has 0 fully saturated rings. The molecule has 0 aromatic carbocycles. The van der Waals surface area contributed by atoms with Gasteiger partial charge in [-0.25, -0.2) is 9.78 Å². The van der Waals surface area contributed by atoms with Crippen molar-refractivity contribution in [2.45, 2.75) is 40.0 Å². The topological polar surface area (TPSA) is 51.7 Å². The summed E-state index contributed by atoms with van der Waals surface area (Å²) >= 11 is 0. The summed E-state index contributed by atoms with van der Waals surface area (Å²) in [5.41, 5.74) is 2.41. The van der Waals surface area contributed by atoms with Crippen molar-refractivity contribution in [3.63, 3.8) is 0 Å². The van der Waals surface area contributed by atoms with E-state index in [9.17, 15) is 4.79 Å². The summed E-state index contributed by atoms with van der Waals surface area (Å²) < 4.78 is 10.2. The standard InChI is InChI=1S/C14H20N2O3/c1-5-16(9(2)3)13-11(14(17)18-4)6-10-7-19-8-12(10)15-13/h6,9H,5,7-8H2,1-4H3. The monoisotopic (exact) mass is 264 g/mol. The summed E-state index contributed by atoms with van der Waals surface area (Å²) in [7, 11) is 1.39. The minimum absolute atomic E-state index is 0.265. The predicted molar refractivity (Wildman–Crippen MR) is 72.2 cm³/mol. The number of pyridine rings is 1. The second kappa shape index (κ2) is 5.57. The van der Waals surface area contributed by atoms with E-state index in [1.807, 2.05) is 13.0 Å². The van der Waals surface area contributed by atoms with Crippen LogP contribution >= 0.6 is 0 Å². The summed E-state index contributed by atoms with van der Waals surface area (Å²) in [4.78, 5) is 18.7. The number of ether oxygens (including phenoxy) is 2. The van der Waals surface area contributed by atoms with Gasteiger partial charge < -0.3 is 14.4 Å². The highest BCUT2D eigenvalue weighted by Gasteiger charge is 2.24. The second-order valence-corrected chi connectivity index (χ2v) is 4.83. The average molecular weight is 264 g/mol. The highest BCUT2D eigenvalue weighted by molar-refractivity contribution is 5.95. The van der Waals surface area contributed by atoms with Crippen LogP contribution in [-0.4, -0.2) is 30.6 Å². The molecule has 0 atom stereocenters. The fourth-order valence-electron chi connectivity index (χ4n) is 2.33. The lowest BCUT2D eigenvalue weighted by atomic mass is 10.1. The molecule has 0 N–H and O–H groups in total. The Morgan fingerprint density at radius 3 is 2.84 bits per heavy atom. The molecule has 2 heterocycles. The van der Waals surface area contributed by atoms with Crippen LogP contribution in [0.25, 0.3) is 0 Å². The normalized spacial score (nSPS) is 13.5. The van der Waals surface area contributed by atoms with Gasteiger partial charge in [0.25, 0.3) is 0 Å². The van der Waals surface area contributed by atoms with Gasteiger partial charge in [-0.2, -0.15) is 0 Å². The molecule has 1 aliphatic heterocycles.